The van der Waals surface area contributed by atoms with Crippen molar-refractivity contribution >= 4 is 11.6 Å². The van der Waals surface area contributed by atoms with Gasteiger partial charge in [0.2, 0.25) is 0 Å². The van der Waals surface area contributed by atoms with Crippen molar-refractivity contribution in [1.82, 2.24) is 9.55 Å². The molecule has 68 valence electrons. The number of aliphatic hydroxyl groups is 1. The maximum Gasteiger partial charge on any atom is 0.152 e. The molecule has 0 saturated carbocycles. The van der Waals surface area contributed by atoms with Crippen LogP contribution >= 0.6 is 11.6 Å². The molecule has 0 fully saturated rings. The Kier molecular flexibility index (Phi) is 3.08. The fourth-order valence-corrected chi connectivity index (χ4v) is 1.34. The van der Waals surface area contributed by atoms with Crippen LogP contribution in [0.15, 0.2) is 6.33 Å². The van der Waals surface area contributed by atoms with E-state index in [0.717, 1.165) is 6.54 Å². The molecule has 1 unspecified atom stereocenters. The topological polar surface area (TPSA) is 64.1 Å². The highest BCUT2D eigenvalue weighted by Crippen LogP contribution is 2.20. The van der Waals surface area contributed by atoms with Gasteiger partial charge in [-0.2, -0.15) is 0 Å². The summed E-state index contributed by atoms with van der Waals surface area (Å²) in [6.45, 7) is 2.84. The molecule has 12 heavy (non-hydrogen) atoms. The van der Waals surface area contributed by atoms with Crippen molar-refractivity contribution in [2.24, 2.45) is 5.73 Å². The number of nitrogens with zero attached hydrogens (tertiary/aromatic N) is 2. The molecule has 1 heterocycles. The third-order valence-corrected chi connectivity index (χ3v) is 2.00. The Balaban J connectivity index is 3.01. The number of hydrogen-bond acceptors (Lipinski definition) is 3. The van der Waals surface area contributed by atoms with Crippen molar-refractivity contribution in [3.63, 3.8) is 0 Å². The van der Waals surface area contributed by atoms with Crippen LogP contribution in [0.1, 0.15) is 18.7 Å². The van der Waals surface area contributed by atoms with Crippen LogP contribution in [-0.2, 0) is 6.54 Å². The van der Waals surface area contributed by atoms with Gasteiger partial charge < -0.3 is 15.4 Å². The van der Waals surface area contributed by atoms with Crippen molar-refractivity contribution in [3.8, 4) is 0 Å². The van der Waals surface area contributed by atoms with E-state index in [-0.39, 0.29) is 6.54 Å². The van der Waals surface area contributed by atoms with E-state index in [0.29, 0.717) is 10.8 Å². The van der Waals surface area contributed by atoms with Gasteiger partial charge in [-0.05, 0) is 6.92 Å². The van der Waals surface area contributed by atoms with E-state index in [1.165, 1.54) is 0 Å². The van der Waals surface area contributed by atoms with E-state index in [2.05, 4.69) is 4.98 Å². The summed E-state index contributed by atoms with van der Waals surface area (Å²) < 4.78 is 1.78. The highest BCUT2D eigenvalue weighted by molar-refractivity contribution is 6.30. The third kappa shape index (κ3) is 1.60. The van der Waals surface area contributed by atoms with Crippen LogP contribution in [0.3, 0.4) is 0 Å². The summed E-state index contributed by atoms with van der Waals surface area (Å²) >= 11 is 5.75. The van der Waals surface area contributed by atoms with E-state index in [9.17, 15) is 5.11 Å². The summed E-state index contributed by atoms with van der Waals surface area (Å²) in [6, 6.07) is 0. The maximum absolute atomic E-state index is 9.44. The fraction of sp³-hybridized carbons (Fsp3) is 0.571. The lowest BCUT2D eigenvalue weighted by Crippen LogP contribution is -2.15. The van der Waals surface area contributed by atoms with E-state index >= 15 is 0 Å². The second-order valence-corrected chi connectivity index (χ2v) is 2.82. The van der Waals surface area contributed by atoms with Crippen LogP contribution in [0.4, 0.5) is 0 Å². The Labute approximate surface area is 76.0 Å². The van der Waals surface area contributed by atoms with Crippen LogP contribution in [0.5, 0.6) is 0 Å². The Bertz CT molecular complexity index is 261. The summed E-state index contributed by atoms with van der Waals surface area (Å²) in [7, 11) is 0. The first kappa shape index (κ1) is 9.51. The zero-order valence-electron chi connectivity index (χ0n) is 6.87. The molecule has 0 saturated heterocycles. The van der Waals surface area contributed by atoms with Gasteiger partial charge in [-0.1, -0.05) is 11.6 Å². The molecule has 4 nitrogen and oxygen atoms in total. The van der Waals surface area contributed by atoms with Crippen molar-refractivity contribution in [2.75, 3.05) is 6.54 Å². The lowest BCUT2D eigenvalue weighted by atomic mass is 10.3. The normalized spacial score (nSPS) is 13.3. The number of imidazole rings is 1. The number of rotatable bonds is 3. The molecular formula is C7H12ClN3O. The van der Waals surface area contributed by atoms with E-state index in [4.69, 9.17) is 17.3 Å². The molecule has 1 aromatic rings. The van der Waals surface area contributed by atoms with E-state index in [1.807, 2.05) is 6.92 Å². The van der Waals surface area contributed by atoms with Crippen molar-refractivity contribution < 1.29 is 5.11 Å². The molecule has 0 aliphatic carbocycles. The molecule has 3 N–H and O–H groups in total. The van der Waals surface area contributed by atoms with Gasteiger partial charge in [0.15, 0.2) is 5.15 Å². The zero-order valence-corrected chi connectivity index (χ0v) is 7.62. The molecule has 0 aliphatic rings. The smallest absolute Gasteiger partial charge is 0.152 e. The highest BCUT2D eigenvalue weighted by atomic mass is 35.5. The molecule has 5 heteroatoms. The number of nitrogens with two attached hydrogens (primary N) is 1. The quantitative estimate of drug-likeness (QED) is 0.730. The zero-order chi connectivity index (χ0) is 9.14. The average Bonchev–Trinajstić information content (AvgIpc) is 2.45. The SMILES string of the molecule is CCn1cnc(Cl)c1C(O)CN. The molecular weight excluding hydrogens is 178 g/mol. The molecule has 0 aromatic carbocycles. The van der Waals surface area contributed by atoms with Crippen LogP contribution in [0, 0.1) is 0 Å². The fourth-order valence-electron chi connectivity index (χ4n) is 1.06. The minimum Gasteiger partial charge on any atom is -0.385 e. The van der Waals surface area contributed by atoms with Crippen LogP contribution in [0.25, 0.3) is 0 Å². The number of hydrogen-bond donors (Lipinski definition) is 2. The first-order chi connectivity index (χ1) is 5.70. The number of aliphatic hydroxyl groups excluding tert-OH is 1. The molecule has 0 spiro atoms. The Morgan fingerprint density at radius 1 is 1.83 bits per heavy atom. The Hall–Kier alpha value is -0.580. The number of aromatic nitrogens is 2. The molecule has 1 atom stereocenters. The van der Waals surface area contributed by atoms with Gasteiger partial charge in [0.05, 0.1) is 12.0 Å². The molecule has 1 aromatic heterocycles. The van der Waals surface area contributed by atoms with Crippen molar-refractivity contribution in [3.05, 3.63) is 17.2 Å². The molecule has 0 bridgehead atoms. The summed E-state index contributed by atoms with van der Waals surface area (Å²) in [5, 5.41) is 9.77. The minimum atomic E-state index is -0.722. The molecule has 0 aliphatic heterocycles. The van der Waals surface area contributed by atoms with Gasteiger partial charge in [0, 0.05) is 13.1 Å². The van der Waals surface area contributed by atoms with Crippen molar-refractivity contribution in [1.29, 1.82) is 0 Å². The largest absolute Gasteiger partial charge is 0.385 e. The lowest BCUT2D eigenvalue weighted by Gasteiger charge is -2.10. The second-order valence-electron chi connectivity index (χ2n) is 2.46. The van der Waals surface area contributed by atoms with Crippen LogP contribution in [0.2, 0.25) is 5.15 Å². The molecule has 0 amide bonds. The molecule has 1 rings (SSSR count). The van der Waals surface area contributed by atoms with Gasteiger partial charge in [0.1, 0.15) is 6.10 Å². The monoisotopic (exact) mass is 189 g/mol. The van der Waals surface area contributed by atoms with Crippen LogP contribution < -0.4 is 5.73 Å². The number of halogens is 1. The predicted octanol–water partition coefficient (Wildman–Crippen LogP) is 0.548. The summed E-state index contributed by atoms with van der Waals surface area (Å²) in [4.78, 5) is 3.87. The van der Waals surface area contributed by atoms with Gasteiger partial charge >= 0.3 is 0 Å². The Morgan fingerprint density at radius 3 is 3.00 bits per heavy atom. The molecule has 0 radical (unpaired) electrons. The first-order valence-corrected chi connectivity index (χ1v) is 4.17. The van der Waals surface area contributed by atoms with Gasteiger partial charge in [-0.15, -0.1) is 0 Å². The summed E-state index contributed by atoms with van der Waals surface area (Å²) in [5.41, 5.74) is 5.90. The van der Waals surface area contributed by atoms with Crippen molar-refractivity contribution in [2.45, 2.75) is 19.6 Å². The van der Waals surface area contributed by atoms with E-state index < -0.39 is 6.10 Å². The van der Waals surface area contributed by atoms with E-state index in [1.54, 1.807) is 10.9 Å². The average molecular weight is 190 g/mol. The highest BCUT2D eigenvalue weighted by Gasteiger charge is 2.15. The van der Waals surface area contributed by atoms with Gasteiger partial charge in [-0.25, -0.2) is 4.98 Å². The number of aryl methyl sites for hydroxylation is 1. The Morgan fingerprint density at radius 2 is 2.50 bits per heavy atom. The second kappa shape index (κ2) is 3.89. The van der Waals surface area contributed by atoms with Gasteiger partial charge in [0.25, 0.3) is 0 Å². The summed E-state index contributed by atoms with van der Waals surface area (Å²) in [5.74, 6) is 0. The predicted molar refractivity (Wildman–Crippen MR) is 46.9 cm³/mol. The van der Waals surface area contributed by atoms with Gasteiger partial charge in [-0.3, -0.25) is 0 Å². The first-order valence-electron chi connectivity index (χ1n) is 3.79. The summed E-state index contributed by atoms with van der Waals surface area (Å²) in [6.07, 6.45) is 0.872. The van der Waals surface area contributed by atoms with Crippen LogP contribution in [-0.4, -0.2) is 21.2 Å². The maximum atomic E-state index is 9.44. The standard InChI is InChI=1S/C7H12ClN3O/c1-2-11-4-10-7(8)6(11)5(12)3-9/h4-5,12H,2-3,9H2,1H3. The third-order valence-electron chi connectivity index (χ3n) is 1.71. The lowest BCUT2D eigenvalue weighted by molar-refractivity contribution is 0.177. The minimum absolute atomic E-state index is 0.158.